The van der Waals surface area contributed by atoms with Gasteiger partial charge in [-0.15, -0.1) is 0 Å². The van der Waals surface area contributed by atoms with Crippen LogP contribution in [0.2, 0.25) is 5.02 Å². The van der Waals surface area contributed by atoms with Crippen molar-refractivity contribution in [1.29, 1.82) is 0 Å². The number of ether oxygens (including phenoxy) is 1. The third kappa shape index (κ3) is 2.64. The van der Waals surface area contributed by atoms with Crippen LogP contribution in [0.3, 0.4) is 0 Å². The molecule has 20 heavy (non-hydrogen) atoms. The highest BCUT2D eigenvalue weighted by Crippen LogP contribution is 2.25. The summed E-state index contributed by atoms with van der Waals surface area (Å²) in [6.45, 7) is 0. The lowest BCUT2D eigenvalue weighted by Crippen LogP contribution is -2.06. The van der Waals surface area contributed by atoms with Crippen molar-refractivity contribution in [2.75, 3.05) is 0 Å². The molecule has 6 heteroatoms. The number of esters is 1. The molecule has 0 amide bonds. The van der Waals surface area contributed by atoms with Crippen LogP contribution < -0.4 is 0 Å². The predicted octanol–water partition coefficient (Wildman–Crippen LogP) is 3.88. The van der Waals surface area contributed by atoms with Gasteiger partial charge < -0.3 is 9.15 Å². The maximum absolute atomic E-state index is 11.8. The van der Waals surface area contributed by atoms with Gasteiger partial charge in [-0.05, 0) is 52.9 Å². The third-order valence-corrected chi connectivity index (χ3v) is 3.60. The van der Waals surface area contributed by atoms with E-state index in [1.807, 2.05) is 12.1 Å². The number of carbonyl (C=O) groups is 1. The Balaban J connectivity index is 2.00. The molecule has 1 aliphatic rings. The smallest absolute Gasteiger partial charge is 0.363 e. The first-order chi connectivity index (χ1) is 9.63. The molecule has 3 rings (SSSR count). The number of cyclic esters (lactones) is 1. The second-order valence-corrected chi connectivity index (χ2v) is 5.63. The Bertz CT molecular complexity index is 735. The Labute approximate surface area is 133 Å². The fourth-order valence-electron chi connectivity index (χ4n) is 1.69. The van der Waals surface area contributed by atoms with Crippen LogP contribution in [0.4, 0.5) is 0 Å². The third-order valence-electron chi connectivity index (χ3n) is 2.60. The quantitative estimate of drug-likeness (QED) is 0.437. The van der Waals surface area contributed by atoms with E-state index in [4.69, 9.17) is 20.8 Å². The van der Waals surface area contributed by atoms with Crippen LogP contribution in [0.15, 0.2) is 51.7 Å². The molecule has 0 unspecified atom stereocenters. The van der Waals surface area contributed by atoms with Crippen molar-refractivity contribution in [2.45, 2.75) is 0 Å². The van der Waals surface area contributed by atoms with E-state index in [0.717, 1.165) is 3.57 Å². The molecule has 2 aromatic rings. The van der Waals surface area contributed by atoms with E-state index >= 15 is 0 Å². The SMILES string of the molecule is O=C1OC(c2cc(I)ccc2Cl)=N/C1=C/c1ccco1. The lowest BCUT2D eigenvalue weighted by molar-refractivity contribution is -0.129. The summed E-state index contributed by atoms with van der Waals surface area (Å²) in [5.74, 6) is 0.221. The highest BCUT2D eigenvalue weighted by atomic mass is 127. The Hall–Kier alpha value is -1.60. The van der Waals surface area contributed by atoms with Gasteiger partial charge in [0.2, 0.25) is 5.90 Å². The van der Waals surface area contributed by atoms with Gasteiger partial charge in [0.1, 0.15) is 5.76 Å². The number of halogens is 2. The topological polar surface area (TPSA) is 51.8 Å². The Morgan fingerprint density at radius 3 is 2.90 bits per heavy atom. The van der Waals surface area contributed by atoms with Crippen LogP contribution in [0.1, 0.15) is 11.3 Å². The highest BCUT2D eigenvalue weighted by Gasteiger charge is 2.26. The van der Waals surface area contributed by atoms with Crippen molar-refractivity contribution in [2.24, 2.45) is 4.99 Å². The first-order valence-electron chi connectivity index (χ1n) is 5.65. The van der Waals surface area contributed by atoms with E-state index in [-0.39, 0.29) is 11.6 Å². The first kappa shape index (κ1) is 13.4. The normalized spacial score (nSPS) is 16.4. The minimum atomic E-state index is -0.522. The molecule has 4 nitrogen and oxygen atoms in total. The number of carbonyl (C=O) groups excluding carboxylic acids is 1. The predicted molar refractivity (Wildman–Crippen MR) is 83.5 cm³/mol. The molecule has 0 atom stereocenters. The molecule has 0 spiro atoms. The van der Waals surface area contributed by atoms with Gasteiger partial charge in [0, 0.05) is 9.65 Å². The van der Waals surface area contributed by atoms with Crippen LogP contribution in [0.5, 0.6) is 0 Å². The van der Waals surface area contributed by atoms with Crippen molar-refractivity contribution in [1.82, 2.24) is 0 Å². The molecule has 0 saturated heterocycles. The summed E-state index contributed by atoms with van der Waals surface area (Å²) in [5.41, 5.74) is 0.777. The summed E-state index contributed by atoms with van der Waals surface area (Å²) < 4.78 is 11.3. The minimum Gasteiger partial charge on any atom is -0.465 e. The van der Waals surface area contributed by atoms with Gasteiger partial charge in [0.05, 0.1) is 16.8 Å². The summed E-state index contributed by atoms with van der Waals surface area (Å²) in [7, 11) is 0. The lowest BCUT2D eigenvalue weighted by atomic mass is 10.2. The number of hydrogen-bond donors (Lipinski definition) is 0. The van der Waals surface area contributed by atoms with Crippen LogP contribution in [0.25, 0.3) is 6.08 Å². The van der Waals surface area contributed by atoms with Gasteiger partial charge in [-0.25, -0.2) is 9.79 Å². The molecule has 0 saturated carbocycles. The second-order valence-electron chi connectivity index (χ2n) is 3.98. The molecule has 0 radical (unpaired) electrons. The Morgan fingerprint density at radius 1 is 1.30 bits per heavy atom. The van der Waals surface area contributed by atoms with Gasteiger partial charge >= 0.3 is 5.97 Å². The molecule has 1 aromatic carbocycles. The molecule has 0 N–H and O–H groups in total. The molecule has 0 aliphatic carbocycles. The maximum Gasteiger partial charge on any atom is 0.363 e. The van der Waals surface area contributed by atoms with Gasteiger partial charge in [-0.1, -0.05) is 11.6 Å². The fraction of sp³-hybridized carbons (Fsp3) is 0. The Morgan fingerprint density at radius 2 is 2.15 bits per heavy atom. The van der Waals surface area contributed by atoms with Crippen LogP contribution >= 0.6 is 34.2 Å². The van der Waals surface area contributed by atoms with E-state index in [1.54, 1.807) is 18.2 Å². The molecular weight excluding hydrogens is 393 g/mol. The molecule has 0 bridgehead atoms. The molecule has 1 aromatic heterocycles. The number of aliphatic imine (C=N–C) groups is 1. The minimum absolute atomic E-state index is 0.185. The monoisotopic (exact) mass is 399 g/mol. The summed E-state index contributed by atoms with van der Waals surface area (Å²) in [6.07, 6.45) is 3.05. The van der Waals surface area contributed by atoms with Crippen molar-refractivity contribution in [3.8, 4) is 0 Å². The average Bonchev–Trinajstić information content (AvgIpc) is 3.04. The van der Waals surface area contributed by atoms with Crippen LogP contribution in [0, 0.1) is 3.57 Å². The average molecular weight is 400 g/mol. The van der Waals surface area contributed by atoms with E-state index in [2.05, 4.69) is 27.6 Å². The van der Waals surface area contributed by atoms with Gasteiger partial charge in [-0.2, -0.15) is 0 Å². The van der Waals surface area contributed by atoms with Crippen LogP contribution in [-0.2, 0) is 9.53 Å². The van der Waals surface area contributed by atoms with E-state index in [1.165, 1.54) is 12.3 Å². The van der Waals surface area contributed by atoms with E-state index in [9.17, 15) is 4.79 Å². The van der Waals surface area contributed by atoms with Crippen LogP contribution in [-0.4, -0.2) is 11.9 Å². The van der Waals surface area contributed by atoms with Crippen molar-refractivity contribution < 1.29 is 13.9 Å². The number of nitrogens with zero attached hydrogens (tertiary/aromatic N) is 1. The molecular formula is C14H7ClINO3. The molecule has 1 aliphatic heterocycles. The highest BCUT2D eigenvalue weighted by molar-refractivity contribution is 14.1. The second kappa shape index (κ2) is 5.41. The lowest BCUT2D eigenvalue weighted by Gasteiger charge is -2.02. The summed E-state index contributed by atoms with van der Waals surface area (Å²) in [4.78, 5) is 16.0. The molecule has 0 fully saturated rings. The van der Waals surface area contributed by atoms with Gasteiger partial charge in [0.15, 0.2) is 5.70 Å². The van der Waals surface area contributed by atoms with Crippen molar-refractivity contribution in [3.63, 3.8) is 0 Å². The summed E-state index contributed by atoms with van der Waals surface area (Å²) >= 11 is 8.25. The van der Waals surface area contributed by atoms with Crippen molar-refractivity contribution >= 4 is 52.1 Å². The maximum atomic E-state index is 11.8. The summed E-state index contributed by atoms with van der Waals surface area (Å²) in [5, 5.41) is 0.483. The van der Waals surface area contributed by atoms with E-state index in [0.29, 0.717) is 16.3 Å². The van der Waals surface area contributed by atoms with Gasteiger partial charge in [0.25, 0.3) is 0 Å². The Kier molecular flexibility index (Phi) is 3.62. The van der Waals surface area contributed by atoms with Crippen molar-refractivity contribution in [3.05, 3.63) is 62.2 Å². The van der Waals surface area contributed by atoms with E-state index < -0.39 is 5.97 Å². The number of furan rings is 1. The first-order valence-corrected chi connectivity index (χ1v) is 7.10. The fourth-order valence-corrected chi connectivity index (χ4v) is 2.38. The summed E-state index contributed by atoms with van der Waals surface area (Å²) in [6, 6.07) is 8.87. The zero-order chi connectivity index (χ0) is 14.1. The molecule has 2 heterocycles. The number of benzene rings is 1. The zero-order valence-corrected chi connectivity index (χ0v) is 12.9. The zero-order valence-electron chi connectivity index (χ0n) is 9.97. The standard InChI is InChI=1S/C14H7ClINO3/c15-11-4-3-8(16)6-10(11)13-17-12(14(18)20-13)7-9-2-1-5-19-9/h1-7H/b12-7+. The number of hydrogen-bond acceptors (Lipinski definition) is 4. The largest absolute Gasteiger partial charge is 0.465 e. The number of rotatable bonds is 2. The molecule has 100 valence electrons. The van der Waals surface area contributed by atoms with Gasteiger partial charge in [-0.3, -0.25) is 0 Å².